The van der Waals surface area contributed by atoms with E-state index < -0.39 is 28.5 Å². The first kappa shape index (κ1) is 33.6. The maximum Gasteiger partial charge on any atom is 0.264 e. The van der Waals surface area contributed by atoms with E-state index in [2.05, 4.69) is 5.32 Å². The number of methoxy groups -OCH3 is 1. The third-order valence-corrected chi connectivity index (χ3v) is 10.5. The van der Waals surface area contributed by atoms with Gasteiger partial charge in [0.15, 0.2) is 0 Å². The molecule has 0 saturated heterocycles. The van der Waals surface area contributed by atoms with Crippen LogP contribution in [0.25, 0.3) is 0 Å². The number of ether oxygens (including phenoxy) is 1. The third kappa shape index (κ3) is 8.25. The minimum atomic E-state index is -4.22. The summed E-state index contributed by atoms with van der Waals surface area (Å²) in [4.78, 5) is 29.5. The van der Waals surface area contributed by atoms with Crippen molar-refractivity contribution in [3.63, 3.8) is 0 Å². The summed E-state index contributed by atoms with van der Waals surface area (Å²) < 4.78 is 34.4. The fraction of sp³-hybridized carbons (Fsp3) is 0.394. The summed E-state index contributed by atoms with van der Waals surface area (Å²) in [6.45, 7) is 3.24. The van der Waals surface area contributed by atoms with Crippen molar-refractivity contribution < 1.29 is 22.7 Å². The molecule has 1 aliphatic carbocycles. The average molecular weight is 661 g/mol. The zero-order chi connectivity index (χ0) is 31.9. The van der Waals surface area contributed by atoms with Gasteiger partial charge in [-0.05, 0) is 74.2 Å². The number of carbonyl (C=O) groups is 2. The number of halogens is 2. The minimum absolute atomic E-state index is 0.0192. The van der Waals surface area contributed by atoms with Gasteiger partial charge < -0.3 is 15.0 Å². The van der Waals surface area contributed by atoms with Gasteiger partial charge in [0, 0.05) is 12.6 Å². The third-order valence-electron chi connectivity index (χ3n) is 7.93. The quantitative estimate of drug-likeness (QED) is 0.232. The number of nitrogens with one attached hydrogen (secondary N) is 1. The van der Waals surface area contributed by atoms with Crippen LogP contribution in [-0.2, 0) is 26.2 Å². The molecule has 1 aliphatic rings. The number of nitrogens with zero attached hydrogens (tertiary/aromatic N) is 2. The van der Waals surface area contributed by atoms with Crippen molar-refractivity contribution in [2.24, 2.45) is 0 Å². The van der Waals surface area contributed by atoms with Crippen LogP contribution in [-0.4, -0.2) is 50.9 Å². The molecule has 0 spiro atoms. The molecule has 1 fully saturated rings. The predicted molar refractivity (Wildman–Crippen MR) is 175 cm³/mol. The molecule has 3 aromatic carbocycles. The first-order valence-electron chi connectivity index (χ1n) is 14.8. The molecule has 3 aromatic rings. The van der Waals surface area contributed by atoms with E-state index in [9.17, 15) is 18.0 Å². The molecule has 44 heavy (non-hydrogen) atoms. The van der Waals surface area contributed by atoms with E-state index in [1.165, 1.54) is 35.2 Å². The highest BCUT2D eigenvalue weighted by Crippen LogP contribution is 2.31. The molecule has 11 heteroatoms. The second-order valence-corrected chi connectivity index (χ2v) is 13.7. The highest BCUT2D eigenvalue weighted by molar-refractivity contribution is 7.92. The van der Waals surface area contributed by atoms with Crippen molar-refractivity contribution in [2.75, 3.05) is 18.0 Å². The van der Waals surface area contributed by atoms with Crippen LogP contribution >= 0.6 is 23.2 Å². The Kier molecular flexibility index (Phi) is 11.6. The van der Waals surface area contributed by atoms with Gasteiger partial charge >= 0.3 is 0 Å². The number of aryl methyl sites for hydroxylation is 1. The highest BCUT2D eigenvalue weighted by Gasteiger charge is 2.34. The first-order chi connectivity index (χ1) is 21.0. The Hall–Kier alpha value is -3.27. The molecule has 0 aliphatic heterocycles. The van der Waals surface area contributed by atoms with Crippen molar-refractivity contribution in [2.45, 2.75) is 75.9 Å². The second-order valence-electron chi connectivity index (χ2n) is 11.1. The van der Waals surface area contributed by atoms with Crippen molar-refractivity contribution in [3.05, 3.63) is 87.9 Å². The number of hydrogen-bond donors (Lipinski definition) is 1. The van der Waals surface area contributed by atoms with Crippen molar-refractivity contribution in [1.29, 1.82) is 0 Å². The van der Waals surface area contributed by atoms with E-state index in [1.807, 2.05) is 26.0 Å². The lowest BCUT2D eigenvalue weighted by Gasteiger charge is -2.34. The van der Waals surface area contributed by atoms with Gasteiger partial charge in [-0.3, -0.25) is 13.9 Å². The number of sulfonamides is 1. The number of anilines is 1. The molecule has 1 saturated carbocycles. The van der Waals surface area contributed by atoms with Crippen LogP contribution in [0.1, 0.15) is 56.6 Å². The van der Waals surface area contributed by atoms with E-state index in [0.29, 0.717) is 12.2 Å². The summed E-state index contributed by atoms with van der Waals surface area (Å²) in [5.41, 5.74) is 1.84. The Bertz CT molecular complexity index is 1540. The number of amides is 2. The Balaban J connectivity index is 1.72. The summed E-state index contributed by atoms with van der Waals surface area (Å²) in [5.74, 6) is -0.124. The zero-order valence-electron chi connectivity index (χ0n) is 25.3. The first-order valence-corrected chi connectivity index (χ1v) is 17.0. The van der Waals surface area contributed by atoms with E-state index >= 15 is 0 Å². The molecule has 4 rings (SSSR count). The van der Waals surface area contributed by atoms with E-state index in [0.717, 1.165) is 47.5 Å². The normalized spacial score (nSPS) is 14.5. The van der Waals surface area contributed by atoms with Gasteiger partial charge in [-0.1, -0.05) is 79.2 Å². The SMILES string of the molecule is CCC(C(=O)NC1CCCCC1)N(Cc1ccc(OC)cc1)C(=O)CN(c1ccc(Cl)c(Cl)c1)S(=O)(=O)c1ccc(C)cc1. The number of carbonyl (C=O) groups excluding carboxylic acids is 2. The zero-order valence-corrected chi connectivity index (χ0v) is 27.6. The van der Waals surface area contributed by atoms with Gasteiger partial charge in [-0.15, -0.1) is 0 Å². The van der Waals surface area contributed by atoms with E-state index in [1.54, 1.807) is 31.4 Å². The fourth-order valence-corrected chi connectivity index (χ4v) is 7.10. The van der Waals surface area contributed by atoms with Gasteiger partial charge in [0.2, 0.25) is 11.8 Å². The van der Waals surface area contributed by atoms with Crippen LogP contribution in [0.5, 0.6) is 5.75 Å². The number of benzene rings is 3. The maximum absolute atomic E-state index is 14.3. The van der Waals surface area contributed by atoms with Gasteiger partial charge in [-0.25, -0.2) is 8.42 Å². The molecular formula is C33H39Cl2N3O5S. The number of rotatable bonds is 12. The summed E-state index contributed by atoms with van der Waals surface area (Å²) in [5, 5.41) is 3.55. The Morgan fingerprint density at radius 3 is 2.20 bits per heavy atom. The van der Waals surface area contributed by atoms with Crippen molar-refractivity contribution in [3.8, 4) is 5.75 Å². The minimum Gasteiger partial charge on any atom is -0.497 e. The molecular weight excluding hydrogens is 621 g/mol. The maximum atomic E-state index is 14.3. The van der Waals surface area contributed by atoms with Crippen LogP contribution in [0.3, 0.4) is 0 Å². The largest absolute Gasteiger partial charge is 0.497 e. The molecule has 0 heterocycles. The Morgan fingerprint density at radius 1 is 0.955 bits per heavy atom. The van der Waals surface area contributed by atoms with Gasteiger partial charge in [0.05, 0.1) is 27.7 Å². The monoisotopic (exact) mass is 659 g/mol. The molecule has 236 valence electrons. The van der Waals surface area contributed by atoms with Crippen LogP contribution in [0, 0.1) is 6.92 Å². The van der Waals surface area contributed by atoms with E-state index in [-0.39, 0.29) is 39.1 Å². The Labute approximate surface area is 270 Å². The van der Waals surface area contributed by atoms with Crippen molar-refractivity contribution in [1.82, 2.24) is 10.2 Å². The topological polar surface area (TPSA) is 96.0 Å². The van der Waals surface area contributed by atoms with E-state index in [4.69, 9.17) is 27.9 Å². The second kappa shape index (κ2) is 15.1. The van der Waals surface area contributed by atoms with Gasteiger partial charge in [-0.2, -0.15) is 0 Å². The summed E-state index contributed by atoms with van der Waals surface area (Å²) in [7, 11) is -2.65. The summed E-state index contributed by atoms with van der Waals surface area (Å²) in [6.07, 6.45) is 5.38. The van der Waals surface area contributed by atoms with Crippen LogP contribution in [0.15, 0.2) is 71.6 Å². The Morgan fingerprint density at radius 2 is 1.61 bits per heavy atom. The molecule has 8 nitrogen and oxygen atoms in total. The smallest absolute Gasteiger partial charge is 0.264 e. The molecule has 2 amide bonds. The summed E-state index contributed by atoms with van der Waals surface area (Å²) in [6, 6.07) is 17.3. The van der Waals surface area contributed by atoms with Crippen LogP contribution < -0.4 is 14.4 Å². The lowest BCUT2D eigenvalue weighted by atomic mass is 9.95. The summed E-state index contributed by atoms with van der Waals surface area (Å²) >= 11 is 12.4. The predicted octanol–water partition coefficient (Wildman–Crippen LogP) is 6.76. The van der Waals surface area contributed by atoms with Gasteiger partial charge in [0.1, 0.15) is 18.3 Å². The van der Waals surface area contributed by atoms with Crippen LogP contribution in [0.4, 0.5) is 5.69 Å². The lowest BCUT2D eigenvalue weighted by Crippen LogP contribution is -2.54. The highest BCUT2D eigenvalue weighted by atomic mass is 35.5. The van der Waals surface area contributed by atoms with Gasteiger partial charge in [0.25, 0.3) is 10.0 Å². The number of hydrogen-bond acceptors (Lipinski definition) is 5. The average Bonchev–Trinajstić information content (AvgIpc) is 3.02. The van der Waals surface area contributed by atoms with Crippen molar-refractivity contribution >= 4 is 50.7 Å². The van der Waals surface area contributed by atoms with Crippen LogP contribution in [0.2, 0.25) is 10.0 Å². The molecule has 1 atom stereocenters. The molecule has 1 N–H and O–H groups in total. The molecule has 0 aromatic heterocycles. The molecule has 1 unspecified atom stereocenters. The lowest BCUT2D eigenvalue weighted by molar-refractivity contribution is -0.140. The molecule has 0 bridgehead atoms. The fourth-order valence-electron chi connectivity index (χ4n) is 5.40. The standard InChI is InChI=1S/C33H39Cl2N3O5S/c1-4-31(33(40)36-25-8-6-5-7-9-25)37(21-24-12-15-27(43-3)16-13-24)32(39)22-38(26-14-19-29(34)30(35)20-26)44(41,42)28-17-10-23(2)11-18-28/h10-20,25,31H,4-9,21-22H2,1-3H3,(H,36,40). The molecule has 0 radical (unpaired) electrons.